The zero-order valence-electron chi connectivity index (χ0n) is 9.30. The van der Waals surface area contributed by atoms with Gasteiger partial charge in [-0.1, -0.05) is 0 Å². The summed E-state index contributed by atoms with van der Waals surface area (Å²) in [6, 6.07) is 3.87. The second-order valence-electron chi connectivity index (χ2n) is 4.11. The summed E-state index contributed by atoms with van der Waals surface area (Å²) in [5.74, 6) is 0. The Labute approximate surface area is 94.7 Å². The van der Waals surface area contributed by atoms with Gasteiger partial charge in [-0.05, 0) is 12.1 Å². The summed E-state index contributed by atoms with van der Waals surface area (Å²) >= 11 is 0. The highest BCUT2D eigenvalue weighted by atomic mass is 16.3. The Morgan fingerprint density at radius 2 is 2.12 bits per heavy atom. The smallest absolute Gasteiger partial charge is 0.0938 e. The van der Waals surface area contributed by atoms with Gasteiger partial charge < -0.3 is 15.5 Å². The summed E-state index contributed by atoms with van der Waals surface area (Å²) in [6.07, 6.45) is 0.490. The molecule has 2 heterocycles. The Balaban J connectivity index is 1.99. The van der Waals surface area contributed by atoms with Crippen LogP contribution in [0.3, 0.4) is 0 Å². The first-order valence-corrected chi connectivity index (χ1v) is 5.40. The normalized spacial score (nSPS) is 25.9. The second kappa shape index (κ2) is 4.78. The van der Waals surface area contributed by atoms with Gasteiger partial charge in [-0.3, -0.25) is 9.88 Å². The molecule has 1 aliphatic rings. The third-order valence-corrected chi connectivity index (χ3v) is 2.83. The quantitative estimate of drug-likeness (QED) is 0.654. The van der Waals surface area contributed by atoms with Crippen LogP contribution >= 0.6 is 0 Å². The number of nitrogens with one attached hydrogen (secondary N) is 1. The summed E-state index contributed by atoms with van der Waals surface area (Å²) < 4.78 is 0. The van der Waals surface area contributed by atoms with E-state index in [2.05, 4.69) is 10.3 Å². The second-order valence-corrected chi connectivity index (χ2v) is 4.11. The first-order valence-electron chi connectivity index (χ1n) is 5.40. The maximum atomic E-state index is 9.42. The van der Waals surface area contributed by atoms with Crippen LogP contribution in [0.15, 0.2) is 18.3 Å². The van der Waals surface area contributed by atoms with Crippen LogP contribution in [0, 0.1) is 0 Å². The largest absolute Gasteiger partial charge is 0.389 e. The highest BCUT2D eigenvalue weighted by molar-refractivity contribution is 5.42. The Morgan fingerprint density at radius 3 is 2.75 bits per heavy atom. The van der Waals surface area contributed by atoms with Crippen LogP contribution < -0.4 is 5.32 Å². The molecule has 16 heavy (non-hydrogen) atoms. The zero-order chi connectivity index (χ0) is 11.5. The Bertz CT molecular complexity index is 349. The number of hydrogen-bond acceptors (Lipinski definition) is 5. The maximum absolute atomic E-state index is 9.42. The van der Waals surface area contributed by atoms with E-state index in [1.54, 1.807) is 6.20 Å². The molecule has 1 aliphatic heterocycles. The molecule has 3 N–H and O–H groups in total. The molecule has 0 bridgehead atoms. The summed E-state index contributed by atoms with van der Waals surface area (Å²) in [5, 5.41) is 21.9. The predicted molar refractivity (Wildman–Crippen MR) is 61.1 cm³/mol. The van der Waals surface area contributed by atoms with E-state index in [0.29, 0.717) is 19.6 Å². The average molecular weight is 223 g/mol. The third kappa shape index (κ3) is 2.49. The molecule has 5 heteroatoms. The molecular weight excluding hydrogens is 206 g/mol. The minimum absolute atomic E-state index is 0.507. The molecule has 0 aromatic carbocycles. The van der Waals surface area contributed by atoms with Gasteiger partial charge >= 0.3 is 0 Å². The number of aliphatic hydroxyl groups excluding tert-OH is 2. The van der Waals surface area contributed by atoms with Gasteiger partial charge in [-0.2, -0.15) is 0 Å². The molecule has 1 saturated heterocycles. The van der Waals surface area contributed by atoms with E-state index in [4.69, 9.17) is 0 Å². The molecule has 2 unspecified atom stereocenters. The van der Waals surface area contributed by atoms with Crippen molar-refractivity contribution in [2.45, 2.75) is 18.8 Å². The van der Waals surface area contributed by atoms with Crippen LogP contribution in [0.5, 0.6) is 0 Å². The maximum Gasteiger partial charge on any atom is 0.0938 e. The zero-order valence-corrected chi connectivity index (χ0v) is 9.30. The van der Waals surface area contributed by atoms with E-state index < -0.39 is 12.2 Å². The van der Waals surface area contributed by atoms with Crippen LogP contribution in [-0.2, 0) is 6.54 Å². The number of nitrogens with zero attached hydrogens (tertiary/aromatic N) is 2. The monoisotopic (exact) mass is 223 g/mol. The van der Waals surface area contributed by atoms with Gasteiger partial charge in [0.25, 0.3) is 0 Å². The fourth-order valence-electron chi connectivity index (χ4n) is 1.93. The van der Waals surface area contributed by atoms with Crippen LogP contribution in [0.2, 0.25) is 0 Å². The van der Waals surface area contributed by atoms with Crippen molar-refractivity contribution in [2.75, 3.05) is 25.5 Å². The van der Waals surface area contributed by atoms with Crippen molar-refractivity contribution < 1.29 is 10.2 Å². The molecule has 88 valence electrons. The minimum atomic E-state index is -0.632. The fraction of sp³-hybridized carbons (Fsp3) is 0.545. The third-order valence-electron chi connectivity index (χ3n) is 2.83. The molecule has 1 aromatic rings. The van der Waals surface area contributed by atoms with E-state index >= 15 is 0 Å². The summed E-state index contributed by atoms with van der Waals surface area (Å²) in [6.45, 7) is 1.67. The minimum Gasteiger partial charge on any atom is -0.389 e. The van der Waals surface area contributed by atoms with Crippen molar-refractivity contribution in [3.8, 4) is 0 Å². The number of rotatable bonds is 3. The van der Waals surface area contributed by atoms with Gasteiger partial charge in [0.1, 0.15) is 0 Å². The SMILES string of the molecule is CNc1ccnc(CN2CC(O)C(O)C2)c1. The van der Waals surface area contributed by atoms with Gasteiger partial charge in [-0.25, -0.2) is 0 Å². The van der Waals surface area contributed by atoms with Crippen molar-refractivity contribution in [3.05, 3.63) is 24.0 Å². The summed E-state index contributed by atoms with van der Waals surface area (Å²) in [7, 11) is 1.86. The van der Waals surface area contributed by atoms with Crippen molar-refractivity contribution in [2.24, 2.45) is 0 Å². The average Bonchev–Trinajstić information content (AvgIpc) is 2.58. The van der Waals surface area contributed by atoms with Crippen LogP contribution in [0.4, 0.5) is 5.69 Å². The van der Waals surface area contributed by atoms with Crippen LogP contribution in [0.25, 0.3) is 0 Å². The first-order chi connectivity index (χ1) is 7.69. The molecule has 0 saturated carbocycles. The number of β-amino-alcohol motifs (C(OH)–C–C–N with tert-alkyl or cyclic N) is 2. The van der Waals surface area contributed by atoms with Gasteiger partial charge in [0.2, 0.25) is 0 Å². The highest BCUT2D eigenvalue weighted by Crippen LogP contribution is 2.14. The van der Waals surface area contributed by atoms with E-state index in [9.17, 15) is 10.2 Å². The van der Waals surface area contributed by atoms with Gasteiger partial charge in [-0.15, -0.1) is 0 Å². The molecule has 2 rings (SSSR count). The molecular formula is C11H17N3O2. The fourth-order valence-corrected chi connectivity index (χ4v) is 1.93. The van der Waals surface area contributed by atoms with E-state index in [1.165, 1.54) is 0 Å². The number of anilines is 1. The predicted octanol–water partition coefficient (Wildman–Crippen LogP) is -0.339. The molecule has 0 spiro atoms. The Kier molecular flexibility index (Phi) is 3.38. The molecule has 5 nitrogen and oxygen atoms in total. The van der Waals surface area contributed by atoms with Crippen molar-refractivity contribution in [1.82, 2.24) is 9.88 Å². The van der Waals surface area contributed by atoms with Crippen LogP contribution in [-0.4, -0.2) is 52.4 Å². The number of likely N-dealkylation sites (tertiary alicyclic amines) is 1. The van der Waals surface area contributed by atoms with E-state index in [-0.39, 0.29) is 0 Å². The van der Waals surface area contributed by atoms with Crippen molar-refractivity contribution in [3.63, 3.8) is 0 Å². The summed E-state index contributed by atoms with van der Waals surface area (Å²) in [4.78, 5) is 6.25. The number of pyridine rings is 1. The topological polar surface area (TPSA) is 68.6 Å². The van der Waals surface area contributed by atoms with Gasteiger partial charge in [0, 0.05) is 38.6 Å². The molecule has 1 fully saturated rings. The standard InChI is InChI=1S/C11H17N3O2/c1-12-8-2-3-13-9(4-8)5-14-6-10(15)11(16)7-14/h2-4,10-11,15-16H,5-7H2,1H3,(H,12,13). The lowest BCUT2D eigenvalue weighted by Gasteiger charge is -2.14. The van der Waals surface area contributed by atoms with Crippen molar-refractivity contribution >= 4 is 5.69 Å². The van der Waals surface area contributed by atoms with E-state index in [1.807, 2.05) is 24.1 Å². The molecule has 0 amide bonds. The van der Waals surface area contributed by atoms with Crippen LogP contribution in [0.1, 0.15) is 5.69 Å². The lowest BCUT2D eigenvalue weighted by molar-refractivity contribution is 0.0572. The molecule has 1 aromatic heterocycles. The summed E-state index contributed by atoms with van der Waals surface area (Å²) in [5.41, 5.74) is 1.96. The first kappa shape index (κ1) is 11.3. The lowest BCUT2D eigenvalue weighted by Crippen LogP contribution is -2.22. The number of aliphatic hydroxyl groups is 2. The lowest BCUT2D eigenvalue weighted by atomic mass is 10.3. The van der Waals surface area contributed by atoms with Crippen molar-refractivity contribution in [1.29, 1.82) is 0 Å². The van der Waals surface area contributed by atoms with Gasteiger partial charge in [0.05, 0.1) is 17.9 Å². The molecule has 0 aliphatic carbocycles. The Morgan fingerprint density at radius 1 is 1.44 bits per heavy atom. The molecule has 2 atom stereocenters. The Hall–Kier alpha value is -1.17. The molecule has 0 radical (unpaired) electrons. The van der Waals surface area contributed by atoms with Gasteiger partial charge in [0.15, 0.2) is 0 Å². The van der Waals surface area contributed by atoms with E-state index in [0.717, 1.165) is 11.4 Å². The number of hydrogen-bond donors (Lipinski definition) is 3. The number of aromatic nitrogens is 1. The highest BCUT2D eigenvalue weighted by Gasteiger charge is 2.29.